The van der Waals surface area contributed by atoms with Crippen LogP contribution in [0.15, 0.2) is 0 Å². The highest BCUT2D eigenvalue weighted by Crippen LogP contribution is 1.99. The number of hydrogen-bond donors (Lipinski definition) is 2. The molecule has 1 fully saturated rings. The molecule has 8 heavy (non-hydrogen) atoms. The first kappa shape index (κ1) is 5.37. The Balaban J connectivity index is 2.09. The number of rotatable bonds is 1. The molecule has 0 aliphatic carbocycles. The van der Waals surface area contributed by atoms with Gasteiger partial charge in [-0.05, 0) is 6.42 Å². The minimum atomic E-state index is -0.468. The van der Waals surface area contributed by atoms with E-state index in [1.54, 1.807) is 5.01 Å². The van der Waals surface area contributed by atoms with Crippen LogP contribution in [0.2, 0.25) is 0 Å². The minimum absolute atomic E-state index is 0.468. The van der Waals surface area contributed by atoms with Gasteiger partial charge in [0.1, 0.15) is 0 Å². The summed E-state index contributed by atoms with van der Waals surface area (Å²) in [4.78, 5) is 10.1. The van der Waals surface area contributed by atoms with Gasteiger partial charge >= 0.3 is 6.03 Å². The van der Waals surface area contributed by atoms with Gasteiger partial charge in [0.05, 0.1) is 0 Å². The van der Waals surface area contributed by atoms with E-state index in [9.17, 15) is 4.79 Å². The summed E-state index contributed by atoms with van der Waals surface area (Å²) in [7, 11) is 0. The summed E-state index contributed by atoms with van der Waals surface area (Å²) in [5.74, 6) is 0. The Morgan fingerprint density at radius 3 is 2.38 bits per heavy atom. The van der Waals surface area contributed by atoms with E-state index in [0.29, 0.717) is 0 Å². The van der Waals surface area contributed by atoms with Crippen LogP contribution in [0.5, 0.6) is 0 Å². The molecule has 1 heterocycles. The normalized spacial score (nSPS) is 19.5. The third-order valence-electron chi connectivity index (χ3n) is 1.12. The van der Waals surface area contributed by atoms with Crippen LogP contribution in [-0.2, 0) is 0 Å². The summed E-state index contributed by atoms with van der Waals surface area (Å²) >= 11 is 0. The standard InChI is InChI=1S/C4H9N3O/c5-4(8)6-7-2-1-3-7/h1-3H2,(H3,5,6,8). The summed E-state index contributed by atoms with van der Waals surface area (Å²) in [6, 6.07) is -0.468. The number of carbonyl (C=O) groups excluding carboxylic acids is 1. The van der Waals surface area contributed by atoms with E-state index in [-0.39, 0.29) is 0 Å². The first-order chi connectivity index (χ1) is 3.79. The molecular formula is C4H9N3O. The lowest BCUT2D eigenvalue weighted by Crippen LogP contribution is -2.51. The maximum absolute atomic E-state index is 10.1. The number of hydrogen-bond acceptors (Lipinski definition) is 2. The van der Waals surface area contributed by atoms with Gasteiger partial charge in [-0.15, -0.1) is 0 Å². The number of carbonyl (C=O) groups is 1. The van der Waals surface area contributed by atoms with Gasteiger partial charge in [0.2, 0.25) is 0 Å². The fraction of sp³-hybridized carbons (Fsp3) is 0.750. The van der Waals surface area contributed by atoms with Crippen LogP contribution in [0.1, 0.15) is 6.42 Å². The van der Waals surface area contributed by atoms with Crippen molar-refractivity contribution in [1.29, 1.82) is 0 Å². The van der Waals surface area contributed by atoms with Crippen molar-refractivity contribution in [3.05, 3.63) is 0 Å². The molecule has 4 heteroatoms. The smallest absolute Gasteiger partial charge is 0.326 e. The quantitative estimate of drug-likeness (QED) is 0.473. The summed E-state index contributed by atoms with van der Waals surface area (Å²) in [6.45, 7) is 1.87. The third-order valence-corrected chi connectivity index (χ3v) is 1.12. The molecule has 0 saturated carbocycles. The van der Waals surface area contributed by atoms with Crippen LogP contribution in [-0.4, -0.2) is 24.1 Å². The molecule has 0 aromatic carbocycles. The van der Waals surface area contributed by atoms with Crippen molar-refractivity contribution in [2.45, 2.75) is 6.42 Å². The van der Waals surface area contributed by atoms with Crippen molar-refractivity contribution in [2.75, 3.05) is 13.1 Å². The number of nitrogens with one attached hydrogen (secondary N) is 1. The molecule has 4 nitrogen and oxygen atoms in total. The fourth-order valence-electron chi connectivity index (χ4n) is 0.584. The second kappa shape index (κ2) is 2.00. The van der Waals surface area contributed by atoms with Crippen molar-refractivity contribution in [3.63, 3.8) is 0 Å². The van der Waals surface area contributed by atoms with E-state index < -0.39 is 6.03 Å². The van der Waals surface area contributed by atoms with Crippen molar-refractivity contribution in [3.8, 4) is 0 Å². The molecule has 0 radical (unpaired) electrons. The first-order valence-corrected chi connectivity index (χ1v) is 2.60. The van der Waals surface area contributed by atoms with Crippen molar-refractivity contribution in [2.24, 2.45) is 5.73 Å². The average molecular weight is 115 g/mol. The number of nitrogens with two attached hydrogens (primary N) is 1. The molecule has 1 aliphatic rings. The van der Waals surface area contributed by atoms with Gasteiger partial charge in [-0.25, -0.2) is 9.80 Å². The average Bonchev–Trinajstić information content (AvgIpc) is 1.55. The van der Waals surface area contributed by atoms with Gasteiger partial charge in [0, 0.05) is 13.1 Å². The van der Waals surface area contributed by atoms with Crippen molar-refractivity contribution in [1.82, 2.24) is 10.4 Å². The molecule has 2 amide bonds. The molecule has 0 atom stereocenters. The number of amides is 2. The summed E-state index contributed by atoms with van der Waals surface area (Å²) in [5, 5.41) is 1.78. The van der Waals surface area contributed by atoms with Crippen LogP contribution in [0.3, 0.4) is 0 Å². The highest BCUT2D eigenvalue weighted by Gasteiger charge is 2.13. The largest absolute Gasteiger partial charge is 0.351 e. The van der Waals surface area contributed by atoms with E-state index >= 15 is 0 Å². The van der Waals surface area contributed by atoms with Crippen LogP contribution < -0.4 is 11.2 Å². The van der Waals surface area contributed by atoms with Crippen molar-refractivity contribution >= 4 is 6.03 Å². The Hall–Kier alpha value is -0.770. The Bertz CT molecular complexity index is 99.5. The third kappa shape index (κ3) is 1.10. The van der Waals surface area contributed by atoms with Gasteiger partial charge in [-0.3, -0.25) is 5.43 Å². The van der Waals surface area contributed by atoms with Gasteiger partial charge in [-0.2, -0.15) is 0 Å². The lowest BCUT2D eigenvalue weighted by molar-refractivity contribution is 0.122. The molecule has 1 aliphatic heterocycles. The van der Waals surface area contributed by atoms with E-state index in [0.717, 1.165) is 19.5 Å². The van der Waals surface area contributed by atoms with E-state index in [1.807, 2.05) is 0 Å². The van der Waals surface area contributed by atoms with E-state index in [1.165, 1.54) is 0 Å². The fourth-order valence-corrected chi connectivity index (χ4v) is 0.584. The molecule has 1 saturated heterocycles. The Morgan fingerprint density at radius 2 is 2.25 bits per heavy atom. The van der Waals surface area contributed by atoms with E-state index in [2.05, 4.69) is 5.43 Å². The summed E-state index contributed by atoms with van der Waals surface area (Å²) in [6.07, 6.45) is 1.15. The second-order valence-electron chi connectivity index (χ2n) is 1.82. The van der Waals surface area contributed by atoms with Crippen molar-refractivity contribution < 1.29 is 4.79 Å². The maximum Gasteiger partial charge on any atom is 0.326 e. The number of urea groups is 1. The van der Waals surface area contributed by atoms with E-state index in [4.69, 9.17) is 5.73 Å². The highest BCUT2D eigenvalue weighted by molar-refractivity contribution is 5.71. The lowest BCUT2D eigenvalue weighted by atomic mass is 10.3. The maximum atomic E-state index is 10.1. The molecule has 0 unspecified atom stereocenters. The molecule has 3 N–H and O–H groups in total. The molecule has 0 spiro atoms. The highest BCUT2D eigenvalue weighted by atomic mass is 16.2. The Labute approximate surface area is 47.6 Å². The molecule has 0 aromatic heterocycles. The predicted molar refractivity (Wildman–Crippen MR) is 28.9 cm³/mol. The van der Waals surface area contributed by atoms with Gasteiger partial charge in [-0.1, -0.05) is 0 Å². The van der Waals surface area contributed by atoms with Crippen LogP contribution >= 0.6 is 0 Å². The van der Waals surface area contributed by atoms with Crippen LogP contribution in [0, 0.1) is 0 Å². The van der Waals surface area contributed by atoms with Gasteiger partial charge in [0.15, 0.2) is 0 Å². The molecule has 0 aromatic rings. The number of hydrazine groups is 1. The Morgan fingerprint density at radius 1 is 1.62 bits per heavy atom. The number of primary amides is 1. The first-order valence-electron chi connectivity index (χ1n) is 2.60. The zero-order chi connectivity index (χ0) is 5.98. The molecule has 0 bridgehead atoms. The topological polar surface area (TPSA) is 58.4 Å². The molecular weight excluding hydrogens is 106 g/mol. The summed E-state index contributed by atoms with van der Waals surface area (Å²) in [5.41, 5.74) is 7.26. The SMILES string of the molecule is NC(=O)NN1CCC1. The predicted octanol–water partition coefficient (Wildman–Crippen LogP) is -0.725. The van der Waals surface area contributed by atoms with Gasteiger partial charge < -0.3 is 5.73 Å². The summed E-state index contributed by atoms with van der Waals surface area (Å²) < 4.78 is 0. The molecule has 46 valence electrons. The minimum Gasteiger partial charge on any atom is -0.351 e. The lowest BCUT2D eigenvalue weighted by Gasteiger charge is -2.29. The second-order valence-corrected chi connectivity index (χ2v) is 1.82. The zero-order valence-corrected chi connectivity index (χ0v) is 4.55. The van der Waals surface area contributed by atoms with Crippen LogP contribution in [0.4, 0.5) is 4.79 Å². The van der Waals surface area contributed by atoms with Gasteiger partial charge in [0.25, 0.3) is 0 Å². The molecule has 1 rings (SSSR count). The van der Waals surface area contributed by atoms with Crippen LogP contribution in [0.25, 0.3) is 0 Å². The zero-order valence-electron chi connectivity index (χ0n) is 4.55. The Kier molecular flexibility index (Phi) is 1.34. The number of nitrogens with zero attached hydrogens (tertiary/aromatic N) is 1. The monoisotopic (exact) mass is 115 g/mol.